The summed E-state index contributed by atoms with van der Waals surface area (Å²) in [5, 5.41) is 5.27. The molecule has 2 aliphatic rings. The molecule has 140 valence electrons. The lowest BCUT2D eigenvalue weighted by Gasteiger charge is -2.22. The van der Waals surface area contributed by atoms with Gasteiger partial charge in [-0.25, -0.2) is 0 Å². The van der Waals surface area contributed by atoms with Crippen LogP contribution in [0.25, 0.3) is 38.7 Å². The van der Waals surface area contributed by atoms with Gasteiger partial charge in [-0.1, -0.05) is 60.2 Å². The maximum absolute atomic E-state index is 6.07. The standard InChI is InChI=1S/C28H22O/c1-18-8-10-19(11-9-18)21-13-14-23-24-7-4-16-29-28(24)25-15-12-20-5-2-3-6-22(20)27(25)26(23)17-21/h2,4-5,8-17H,3,6-7H2,1H3. The highest BCUT2D eigenvalue weighted by atomic mass is 16.5. The summed E-state index contributed by atoms with van der Waals surface area (Å²) in [6.45, 7) is 2.14. The van der Waals surface area contributed by atoms with Crippen molar-refractivity contribution in [3.05, 3.63) is 95.3 Å². The predicted molar refractivity (Wildman–Crippen MR) is 122 cm³/mol. The highest BCUT2D eigenvalue weighted by Gasteiger charge is 2.21. The average Bonchev–Trinajstić information content (AvgIpc) is 2.79. The number of allylic oxidation sites excluding steroid dienone is 2. The molecule has 0 unspecified atom stereocenters. The second-order valence-electron chi connectivity index (χ2n) is 8.12. The number of benzene rings is 4. The molecule has 0 amide bonds. The summed E-state index contributed by atoms with van der Waals surface area (Å²) in [5.41, 5.74) is 7.93. The van der Waals surface area contributed by atoms with E-state index in [2.05, 4.69) is 79.7 Å². The molecule has 1 heteroatoms. The number of ether oxygens (including phenoxy) is 1. The fourth-order valence-electron chi connectivity index (χ4n) is 4.87. The lowest BCUT2D eigenvalue weighted by molar-refractivity contribution is 0.471. The van der Waals surface area contributed by atoms with Gasteiger partial charge in [0, 0.05) is 10.9 Å². The van der Waals surface area contributed by atoms with E-state index < -0.39 is 0 Å². The molecular weight excluding hydrogens is 352 g/mol. The van der Waals surface area contributed by atoms with Gasteiger partial charge in [-0.3, -0.25) is 0 Å². The lowest BCUT2D eigenvalue weighted by atomic mass is 9.85. The number of hydrogen-bond acceptors (Lipinski definition) is 1. The van der Waals surface area contributed by atoms with Crippen molar-refractivity contribution in [2.75, 3.05) is 0 Å². The Morgan fingerprint density at radius 2 is 1.59 bits per heavy atom. The molecule has 6 rings (SSSR count). The Morgan fingerprint density at radius 1 is 0.759 bits per heavy atom. The molecule has 0 radical (unpaired) electrons. The zero-order valence-corrected chi connectivity index (χ0v) is 16.5. The number of aryl methyl sites for hydroxylation is 2. The largest absolute Gasteiger partial charge is 0.464 e. The Labute approximate surface area is 170 Å². The summed E-state index contributed by atoms with van der Waals surface area (Å²) in [4.78, 5) is 0. The summed E-state index contributed by atoms with van der Waals surface area (Å²) >= 11 is 0. The summed E-state index contributed by atoms with van der Waals surface area (Å²) in [6.07, 6.45) is 11.6. The minimum absolute atomic E-state index is 0.919. The molecular formula is C28H22O. The van der Waals surface area contributed by atoms with Crippen molar-refractivity contribution in [3.8, 4) is 16.9 Å². The molecule has 0 atom stereocenters. The van der Waals surface area contributed by atoms with E-state index in [0.29, 0.717) is 0 Å². The van der Waals surface area contributed by atoms with Gasteiger partial charge in [0.2, 0.25) is 0 Å². The molecule has 0 saturated carbocycles. The van der Waals surface area contributed by atoms with Gasteiger partial charge < -0.3 is 4.74 Å². The molecule has 0 saturated heterocycles. The molecule has 1 aliphatic heterocycles. The van der Waals surface area contributed by atoms with E-state index in [1.54, 1.807) is 0 Å². The van der Waals surface area contributed by atoms with Crippen LogP contribution >= 0.6 is 0 Å². The molecule has 0 bridgehead atoms. The van der Waals surface area contributed by atoms with Crippen LogP contribution in [-0.4, -0.2) is 0 Å². The van der Waals surface area contributed by atoms with Crippen LogP contribution in [0.2, 0.25) is 0 Å². The first-order valence-electron chi connectivity index (χ1n) is 10.4. The molecule has 0 fully saturated rings. The highest BCUT2D eigenvalue weighted by Crippen LogP contribution is 2.44. The molecule has 4 aromatic carbocycles. The average molecular weight is 374 g/mol. The fraction of sp³-hybridized carbons (Fsp3) is 0.143. The molecule has 0 N–H and O–H groups in total. The van der Waals surface area contributed by atoms with Crippen LogP contribution in [0, 0.1) is 6.92 Å². The van der Waals surface area contributed by atoms with Gasteiger partial charge in [-0.15, -0.1) is 0 Å². The first-order valence-corrected chi connectivity index (χ1v) is 10.4. The number of rotatable bonds is 1. The van der Waals surface area contributed by atoms with Gasteiger partial charge in [0.15, 0.2) is 0 Å². The Morgan fingerprint density at radius 3 is 2.48 bits per heavy atom. The summed E-state index contributed by atoms with van der Waals surface area (Å²) < 4.78 is 6.07. The first-order chi connectivity index (χ1) is 14.3. The van der Waals surface area contributed by atoms with Crippen LogP contribution in [0.5, 0.6) is 5.75 Å². The fourth-order valence-corrected chi connectivity index (χ4v) is 4.87. The molecule has 0 aromatic heterocycles. The topological polar surface area (TPSA) is 9.23 Å². The highest BCUT2D eigenvalue weighted by molar-refractivity contribution is 6.15. The molecule has 29 heavy (non-hydrogen) atoms. The zero-order valence-electron chi connectivity index (χ0n) is 16.5. The minimum Gasteiger partial charge on any atom is -0.464 e. The van der Waals surface area contributed by atoms with Crippen molar-refractivity contribution < 1.29 is 4.74 Å². The van der Waals surface area contributed by atoms with Gasteiger partial charge in [0.05, 0.1) is 6.26 Å². The molecule has 4 aromatic rings. The van der Waals surface area contributed by atoms with Crippen molar-refractivity contribution >= 4 is 27.6 Å². The van der Waals surface area contributed by atoms with Gasteiger partial charge in [-0.2, -0.15) is 0 Å². The normalized spacial score (nSPS) is 14.7. The van der Waals surface area contributed by atoms with Gasteiger partial charge >= 0.3 is 0 Å². The number of fused-ring (bicyclic) bond motifs is 8. The van der Waals surface area contributed by atoms with Crippen LogP contribution in [0.15, 0.2) is 73.0 Å². The van der Waals surface area contributed by atoms with Crippen LogP contribution in [-0.2, 0) is 12.8 Å². The summed E-state index contributed by atoms with van der Waals surface area (Å²) in [7, 11) is 0. The molecule has 1 nitrogen and oxygen atoms in total. The van der Waals surface area contributed by atoms with Gasteiger partial charge in [0.25, 0.3) is 0 Å². The van der Waals surface area contributed by atoms with Crippen LogP contribution in [0.3, 0.4) is 0 Å². The zero-order chi connectivity index (χ0) is 19.4. The van der Waals surface area contributed by atoms with Gasteiger partial charge in [-0.05, 0) is 82.8 Å². The van der Waals surface area contributed by atoms with Crippen LogP contribution in [0.1, 0.15) is 28.7 Å². The Hall–Kier alpha value is -3.32. The van der Waals surface area contributed by atoms with Crippen LogP contribution in [0.4, 0.5) is 0 Å². The van der Waals surface area contributed by atoms with Crippen LogP contribution < -0.4 is 4.74 Å². The number of hydrogen-bond donors (Lipinski definition) is 0. The third-order valence-corrected chi connectivity index (χ3v) is 6.33. The van der Waals surface area contributed by atoms with E-state index in [4.69, 9.17) is 4.74 Å². The molecule has 1 heterocycles. The van der Waals surface area contributed by atoms with Gasteiger partial charge in [0.1, 0.15) is 5.75 Å². The van der Waals surface area contributed by atoms with Crippen molar-refractivity contribution in [2.45, 2.75) is 26.2 Å². The third-order valence-electron chi connectivity index (χ3n) is 6.33. The molecule has 1 aliphatic carbocycles. The third kappa shape index (κ3) is 2.54. The first kappa shape index (κ1) is 16.6. The van der Waals surface area contributed by atoms with Crippen molar-refractivity contribution in [3.63, 3.8) is 0 Å². The second-order valence-corrected chi connectivity index (χ2v) is 8.12. The van der Waals surface area contributed by atoms with E-state index in [-0.39, 0.29) is 0 Å². The second kappa shape index (κ2) is 6.35. The smallest absolute Gasteiger partial charge is 0.138 e. The van der Waals surface area contributed by atoms with E-state index in [1.165, 1.54) is 54.9 Å². The quantitative estimate of drug-likeness (QED) is 0.316. The maximum Gasteiger partial charge on any atom is 0.138 e. The van der Waals surface area contributed by atoms with Crippen molar-refractivity contribution in [1.82, 2.24) is 0 Å². The minimum atomic E-state index is 0.919. The predicted octanol–water partition coefficient (Wildman–Crippen LogP) is 7.38. The van der Waals surface area contributed by atoms with Crippen molar-refractivity contribution in [1.29, 1.82) is 0 Å². The Bertz CT molecular complexity index is 1340. The van der Waals surface area contributed by atoms with E-state index in [0.717, 1.165) is 25.0 Å². The Balaban J connectivity index is 1.74. The Kier molecular flexibility index (Phi) is 3.64. The molecule has 0 spiro atoms. The van der Waals surface area contributed by atoms with Crippen molar-refractivity contribution in [2.24, 2.45) is 0 Å². The lowest BCUT2D eigenvalue weighted by Crippen LogP contribution is -2.02. The van der Waals surface area contributed by atoms with E-state index in [9.17, 15) is 0 Å². The summed E-state index contributed by atoms with van der Waals surface area (Å²) in [6, 6.07) is 20.3. The van der Waals surface area contributed by atoms with E-state index in [1.807, 2.05) is 6.26 Å². The maximum atomic E-state index is 6.07. The SMILES string of the molecule is Cc1ccc(-c2ccc3c4c(c5ccc6c(c5c3c2)CCC=C6)OC=CC4)cc1. The van der Waals surface area contributed by atoms with E-state index >= 15 is 0 Å². The monoisotopic (exact) mass is 374 g/mol. The summed E-state index contributed by atoms with van der Waals surface area (Å²) in [5.74, 6) is 1.04.